The predicted molar refractivity (Wildman–Crippen MR) is 135 cm³/mol. The van der Waals surface area contributed by atoms with Crippen LogP contribution in [0.4, 0.5) is 11.5 Å². The Bertz CT molecular complexity index is 1710. The first-order valence-electron chi connectivity index (χ1n) is 11.4. The van der Waals surface area contributed by atoms with Gasteiger partial charge in [0.25, 0.3) is 10.1 Å². The van der Waals surface area contributed by atoms with Gasteiger partial charge in [-0.1, -0.05) is 32.9 Å². The third-order valence-electron chi connectivity index (χ3n) is 5.65. The van der Waals surface area contributed by atoms with Crippen LogP contribution in [0.25, 0.3) is 11.3 Å². The van der Waals surface area contributed by atoms with Gasteiger partial charge in [0.2, 0.25) is 5.65 Å². The molecule has 1 atom stereocenters. The molecule has 16 nitrogen and oxygen atoms in total. The maximum absolute atomic E-state index is 12.0. The van der Waals surface area contributed by atoms with Gasteiger partial charge in [0.15, 0.2) is 17.3 Å². The molecule has 17 heteroatoms. The zero-order chi connectivity index (χ0) is 28.7. The third-order valence-corrected chi connectivity index (χ3v) is 6.55. The minimum atomic E-state index is -4.69. The highest BCUT2D eigenvalue weighted by atomic mass is 32.2. The van der Waals surface area contributed by atoms with Crippen LogP contribution in [0.15, 0.2) is 45.6 Å². The van der Waals surface area contributed by atoms with Crippen molar-refractivity contribution >= 4 is 39.2 Å². The van der Waals surface area contributed by atoms with Crippen LogP contribution in [0.1, 0.15) is 55.6 Å². The van der Waals surface area contributed by atoms with E-state index in [-0.39, 0.29) is 34.9 Å². The van der Waals surface area contributed by atoms with Crippen molar-refractivity contribution in [1.82, 2.24) is 34.9 Å². The van der Waals surface area contributed by atoms with Crippen LogP contribution in [-0.4, -0.2) is 71.3 Å². The van der Waals surface area contributed by atoms with Gasteiger partial charge in [-0.15, -0.1) is 20.4 Å². The minimum Gasteiger partial charge on any atom is -0.480 e. The van der Waals surface area contributed by atoms with E-state index in [4.69, 9.17) is 5.11 Å². The summed E-state index contributed by atoms with van der Waals surface area (Å²) in [5.41, 5.74) is -0.0228. The largest absolute Gasteiger partial charge is 0.480 e. The van der Waals surface area contributed by atoms with Gasteiger partial charge in [-0.05, 0) is 19.1 Å². The maximum Gasteiger partial charge on any atom is 0.341 e. The van der Waals surface area contributed by atoms with E-state index >= 15 is 0 Å². The predicted octanol–water partition coefficient (Wildman–Crippen LogP) is 2.64. The third kappa shape index (κ3) is 5.40. The van der Waals surface area contributed by atoms with E-state index in [0.717, 1.165) is 16.9 Å². The van der Waals surface area contributed by atoms with E-state index in [1.54, 1.807) is 6.92 Å². The van der Waals surface area contributed by atoms with Crippen molar-refractivity contribution in [2.24, 2.45) is 10.2 Å². The van der Waals surface area contributed by atoms with Crippen molar-refractivity contribution in [2.75, 3.05) is 6.54 Å². The average Bonchev–Trinajstić information content (AvgIpc) is 3.54. The molecular weight excluding hydrogens is 534 g/mol. The normalized spacial score (nSPS) is 13.4. The highest BCUT2D eigenvalue weighted by molar-refractivity contribution is 7.86. The first kappa shape index (κ1) is 27.6. The fourth-order valence-corrected chi connectivity index (χ4v) is 4.45. The smallest absolute Gasteiger partial charge is 0.341 e. The molecule has 5 N–H and O–H groups in total. The highest BCUT2D eigenvalue weighted by Gasteiger charge is 2.28. The average molecular weight is 560 g/mol. The summed E-state index contributed by atoms with van der Waals surface area (Å²) in [6, 6.07) is 4.82. The summed E-state index contributed by atoms with van der Waals surface area (Å²) in [6.45, 7) is 7.09. The highest BCUT2D eigenvalue weighted by Crippen LogP contribution is 2.36. The lowest BCUT2D eigenvalue weighted by atomic mass is 9.91. The van der Waals surface area contributed by atoms with Gasteiger partial charge >= 0.3 is 11.9 Å². The summed E-state index contributed by atoms with van der Waals surface area (Å²) in [7, 11) is -4.69. The molecule has 3 heterocycles. The molecule has 0 aliphatic rings. The lowest BCUT2D eigenvalue weighted by molar-refractivity contribution is -0.136. The number of benzene rings is 1. The number of aromatic nitrogens is 6. The number of nitrogens with zero attached hydrogens (tertiary/aromatic N) is 7. The molecule has 3 aromatic heterocycles. The maximum atomic E-state index is 12.0. The van der Waals surface area contributed by atoms with E-state index in [1.165, 1.54) is 22.7 Å². The van der Waals surface area contributed by atoms with Crippen LogP contribution in [-0.2, 0) is 20.3 Å². The lowest BCUT2D eigenvalue weighted by Gasteiger charge is -2.17. The number of hydrogen-bond acceptors (Lipinski definition) is 10. The summed E-state index contributed by atoms with van der Waals surface area (Å²) in [6.07, 6.45) is 0.986. The fourth-order valence-electron chi connectivity index (χ4n) is 3.78. The van der Waals surface area contributed by atoms with E-state index in [1.807, 2.05) is 20.8 Å². The van der Waals surface area contributed by atoms with Gasteiger partial charge in [-0.2, -0.15) is 13.5 Å². The number of nitrogens with one attached hydrogen (secondary N) is 2. The fraction of sp³-hybridized carbons (Fsp3) is 0.318. The molecule has 0 saturated carbocycles. The van der Waals surface area contributed by atoms with Crippen molar-refractivity contribution in [3.63, 3.8) is 0 Å². The minimum absolute atomic E-state index is 0.139. The molecule has 0 bridgehead atoms. The number of carboxylic acid groups (broad SMARTS) is 2. The van der Waals surface area contributed by atoms with Gasteiger partial charge in [0.1, 0.15) is 10.5 Å². The van der Waals surface area contributed by atoms with Crippen LogP contribution in [0.5, 0.6) is 0 Å². The second kappa shape index (κ2) is 10.0. The monoisotopic (exact) mass is 559 g/mol. The number of carbonyl (C=O) groups is 2. The quantitative estimate of drug-likeness (QED) is 0.148. The Morgan fingerprint density at radius 1 is 1.15 bits per heavy atom. The van der Waals surface area contributed by atoms with Crippen LogP contribution < -0.4 is 5.32 Å². The summed E-state index contributed by atoms with van der Waals surface area (Å²) in [5, 5.41) is 45.4. The molecular formula is C22H25N9O7S. The molecule has 39 heavy (non-hydrogen) atoms. The van der Waals surface area contributed by atoms with Gasteiger partial charge in [0.05, 0.1) is 30.2 Å². The Kier molecular flexibility index (Phi) is 7.07. The molecule has 4 aromatic rings. The molecule has 0 saturated heterocycles. The van der Waals surface area contributed by atoms with Gasteiger partial charge in [-0.25, -0.2) is 14.0 Å². The number of fused-ring (bicyclic) bond motifs is 1. The summed E-state index contributed by atoms with van der Waals surface area (Å²) < 4.78 is 36.1. The summed E-state index contributed by atoms with van der Waals surface area (Å²) >= 11 is 0. The van der Waals surface area contributed by atoms with E-state index in [2.05, 4.69) is 35.9 Å². The molecule has 0 aliphatic carbocycles. The van der Waals surface area contributed by atoms with Gasteiger partial charge in [-0.3, -0.25) is 19.8 Å². The first-order valence-corrected chi connectivity index (χ1v) is 12.9. The van der Waals surface area contributed by atoms with E-state index in [0.29, 0.717) is 11.5 Å². The number of carboxylic acids is 2. The Hall–Kier alpha value is -4.48. The number of hydrogen-bond donors (Lipinski definition) is 5. The SMILES string of the molecule is CC(NCC(=O)O)c1nnc2c(N=Nc3c(C(=O)O)cnn3-c3ccccc3S(=O)(=O)O)c(C(C)(C)C)[nH]n12. The van der Waals surface area contributed by atoms with Crippen LogP contribution in [0.3, 0.4) is 0 Å². The first-order chi connectivity index (χ1) is 18.2. The Morgan fingerprint density at radius 2 is 1.85 bits per heavy atom. The second-order valence-corrected chi connectivity index (χ2v) is 10.9. The number of aromatic amines is 1. The lowest BCUT2D eigenvalue weighted by Crippen LogP contribution is -2.27. The van der Waals surface area contributed by atoms with Crippen molar-refractivity contribution in [3.05, 3.63) is 47.5 Å². The van der Waals surface area contributed by atoms with Crippen LogP contribution >= 0.6 is 0 Å². The Balaban J connectivity index is 1.88. The number of aliphatic carboxylic acids is 1. The Labute approximate surface area is 221 Å². The zero-order valence-electron chi connectivity index (χ0n) is 21.2. The molecule has 0 aliphatic heterocycles. The summed E-state index contributed by atoms with van der Waals surface area (Å²) in [5.74, 6) is -2.37. The molecule has 4 rings (SSSR count). The Morgan fingerprint density at radius 3 is 2.46 bits per heavy atom. The van der Waals surface area contributed by atoms with Crippen molar-refractivity contribution in [1.29, 1.82) is 0 Å². The van der Waals surface area contributed by atoms with Crippen molar-refractivity contribution in [3.8, 4) is 5.69 Å². The van der Waals surface area contributed by atoms with Gasteiger partial charge in [0, 0.05) is 5.41 Å². The van der Waals surface area contributed by atoms with Crippen LogP contribution in [0, 0.1) is 0 Å². The molecule has 206 valence electrons. The van der Waals surface area contributed by atoms with E-state index < -0.39 is 38.4 Å². The second-order valence-electron chi connectivity index (χ2n) is 9.54. The number of aromatic carboxylic acids is 1. The molecule has 0 fully saturated rings. The zero-order valence-corrected chi connectivity index (χ0v) is 22.0. The number of H-pyrrole nitrogens is 1. The molecule has 0 radical (unpaired) electrons. The molecule has 1 aromatic carbocycles. The molecule has 1 unspecified atom stereocenters. The number of rotatable bonds is 9. The van der Waals surface area contributed by atoms with Crippen molar-refractivity contribution in [2.45, 2.75) is 44.0 Å². The summed E-state index contributed by atoms with van der Waals surface area (Å²) in [4.78, 5) is 22.4. The number of azo groups is 1. The number of para-hydroxylation sites is 1. The molecule has 0 spiro atoms. The molecule has 0 amide bonds. The standard InChI is InChI=1S/C22H25N9O7S/c1-11(23-10-15(32)33)18-26-28-20-16(17(22(2,3)4)29-31(18)20)25-27-19-12(21(34)35)9-24-30(19)13-7-5-6-8-14(13)39(36,37)38/h5-9,11,23,29H,10H2,1-4H3,(H,32,33)(H,34,35)(H,36,37,38). The van der Waals surface area contributed by atoms with E-state index in [9.17, 15) is 27.7 Å². The topological polar surface area (TPSA) is 230 Å². The van der Waals surface area contributed by atoms with Crippen molar-refractivity contribution < 1.29 is 32.8 Å². The van der Waals surface area contributed by atoms with Crippen LogP contribution in [0.2, 0.25) is 0 Å². The van der Waals surface area contributed by atoms with Gasteiger partial charge < -0.3 is 10.2 Å².